The van der Waals surface area contributed by atoms with E-state index in [-0.39, 0.29) is 43.4 Å². The van der Waals surface area contributed by atoms with Gasteiger partial charge in [-0.05, 0) is 13.8 Å². The van der Waals surface area contributed by atoms with E-state index in [9.17, 15) is 14.4 Å². The molecule has 0 fully saturated rings. The second-order valence-electron chi connectivity index (χ2n) is 5.11. The van der Waals surface area contributed by atoms with E-state index >= 15 is 0 Å². The van der Waals surface area contributed by atoms with Crippen LogP contribution < -0.4 is 5.32 Å². The number of carboxylic acids is 1. The van der Waals surface area contributed by atoms with Crippen LogP contribution in [0.4, 0.5) is 4.79 Å². The third-order valence-electron chi connectivity index (χ3n) is 3.00. The molecule has 1 unspecified atom stereocenters. The summed E-state index contributed by atoms with van der Waals surface area (Å²) in [5.41, 5.74) is 0. The lowest BCUT2D eigenvalue weighted by Gasteiger charge is -2.32. The lowest BCUT2D eigenvalue weighted by atomic mass is 10.1. The van der Waals surface area contributed by atoms with Gasteiger partial charge in [0.05, 0.1) is 12.3 Å². The van der Waals surface area contributed by atoms with E-state index in [1.54, 1.807) is 21.0 Å². The molecular formula is C13H25N3O4. The fourth-order valence-corrected chi connectivity index (χ4v) is 1.83. The molecule has 116 valence electrons. The van der Waals surface area contributed by atoms with Crippen molar-refractivity contribution < 1.29 is 19.5 Å². The number of hydrogen-bond acceptors (Lipinski definition) is 3. The third kappa shape index (κ3) is 5.90. The van der Waals surface area contributed by atoms with Crippen LogP contribution in [0.5, 0.6) is 0 Å². The summed E-state index contributed by atoms with van der Waals surface area (Å²) in [6.45, 7) is 5.84. The van der Waals surface area contributed by atoms with Gasteiger partial charge in [0.2, 0.25) is 5.91 Å². The highest BCUT2D eigenvalue weighted by Crippen LogP contribution is 2.07. The highest BCUT2D eigenvalue weighted by atomic mass is 16.4. The summed E-state index contributed by atoms with van der Waals surface area (Å²) >= 11 is 0. The van der Waals surface area contributed by atoms with Gasteiger partial charge in [-0.3, -0.25) is 9.59 Å². The topological polar surface area (TPSA) is 90.0 Å². The summed E-state index contributed by atoms with van der Waals surface area (Å²) in [6, 6.07) is -0.364. The minimum atomic E-state index is -0.940. The number of amides is 3. The summed E-state index contributed by atoms with van der Waals surface area (Å²) in [7, 11) is 3.16. The first-order valence-electron chi connectivity index (χ1n) is 6.65. The normalized spacial score (nSPS) is 11.9. The number of nitrogens with zero attached hydrogens (tertiary/aromatic N) is 2. The Morgan fingerprint density at radius 2 is 1.75 bits per heavy atom. The summed E-state index contributed by atoms with van der Waals surface area (Å²) in [5.74, 6) is -1.39. The molecule has 7 nitrogen and oxygen atoms in total. The van der Waals surface area contributed by atoms with Crippen molar-refractivity contribution >= 4 is 17.9 Å². The fraction of sp³-hybridized carbons (Fsp3) is 0.769. The molecule has 0 radical (unpaired) electrons. The van der Waals surface area contributed by atoms with Crippen LogP contribution in [-0.2, 0) is 9.59 Å². The van der Waals surface area contributed by atoms with Gasteiger partial charge in [-0.25, -0.2) is 4.79 Å². The summed E-state index contributed by atoms with van der Waals surface area (Å²) in [6.07, 6.45) is -0.0945. The van der Waals surface area contributed by atoms with E-state index in [1.165, 1.54) is 9.80 Å². The van der Waals surface area contributed by atoms with E-state index in [1.807, 2.05) is 13.8 Å². The van der Waals surface area contributed by atoms with Crippen molar-refractivity contribution in [3.05, 3.63) is 0 Å². The number of carboxylic acid groups (broad SMARTS) is 1. The second kappa shape index (κ2) is 8.39. The van der Waals surface area contributed by atoms with Gasteiger partial charge in [0.1, 0.15) is 0 Å². The smallest absolute Gasteiger partial charge is 0.320 e. The molecular weight excluding hydrogens is 262 g/mol. The molecule has 3 amide bonds. The minimum Gasteiger partial charge on any atom is -0.481 e. The lowest BCUT2D eigenvalue weighted by molar-refractivity contribution is -0.137. The number of hydrogen-bond donors (Lipinski definition) is 2. The quantitative estimate of drug-likeness (QED) is 0.717. The number of carbonyl (C=O) groups excluding carboxylic acids is 2. The van der Waals surface area contributed by atoms with Crippen molar-refractivity contribution in [2.45, 2.75) is 33.2 Å². The number of aliphatic carboxylic acids is 1. The number of nitrogens with one attached hydrogen (secondary N) is 1. The van der Waals surface area contributed by atoms with E-state index in [4.69, 9.17) is 5.11 Å². The average Bonchev–Trinajstić information content (AvgIpc) is 2.36. The van der Waals surface area contributed by atoms with Crippen molar-refractivity contribution in [2.75, 3.05) is 27.2 Å². The van der Waals surface area contributed by atoms with Crippen molar-refractivity contribution in [3.8, 4) is 0 Å². The van der Waals surface area contributed by atoms with Crippen molar-refractivity contribution in [3.63, 3.8) is 0 Å². The Hall–Kier alpha value is -1.79. The molecule has 0 aliphatic rings. The molecule has 0 heterocycles. The van der Waals surface area contributed by atoms with Gasteiger partial charge >= 0.3 is 12.0 Å². The standard InChI is InChI=1S/C13H25N3O4/c1-9(2)16(7-6-11(17)18)13(20)15(5)8-10(3)12(19)14-4/h9-10H,6-8H2,1-5H3,(H,14,19)(H,17,18). The molecule has 0 saturated heterocycles. The Morgan fingerprint density at radius 3 is 2.15 bits per heavy atom. The molecule has 0 aromatic rings. The Balaban J connectivity index is 4.63. The Labute approximate surface area is 119 Å². The first-order valence-corrected chi connectivity index (χ1v) is 6.65. The monoisotopic (exact) mass is 287 g/mol. The zero-order chi connectivity index (χ0) is 15.9. The maximum Gasteiger partial charge on any atom is 0.320 e. The summed E-state index contributed by atoms with van der Waals surface area (Å²) in [5, 5.41) is 11.2. The first-order chi connectivity index (χ1) is 9.20. The van der Waals surface area contributed by atoms with Gasteiger partial charge < -0.3 is 20.2 Å². The Morgan fingerprint density at radius 1 is 1.20 bits per heavy atom. The van der Waals surface area contributed by atoms with Gasteiger partial charge in [0.25, 0.3) is 0 Å². The van der Waals surface area contributed by atoms with Crippen LogP contribution in [0.3, 0.4) is 0 Å². The van der Waals surface area contributed by atoms with E-state index in [0.29, 0.717) is 0 Å². The molecule has 0 aromatic carbocycles. The predicted molar refractivity (Wildman–Crippen MR) is 75.4 cm³/mol. The molecule has 0 saturated carbocycles. The largest absolute Gasteiger partial charge is 0.481 e. The van der Waals surface area contributed by atoms with Gasteiger partial charge in [-0.2, -0.15) is 0 Å². The number of rotatable bonds is 7. The van der Waals surface area contributed by atoms with Crippen molar-refractivity contribution in [2.24, 2.45) is 5.92 Å². The molecule has 1 atom stereocenters. The molecule has 0 aliphatic carbocycles. The van der Waals surface area contributed by atoms with Crippen LogP contribution in [-0.4, -0.2) is 66.0 Å². The second-order valence-corrected chi connectivity index (χ2v) is 5.11. The Kier molecular flexibility index (Phi) is 7.64. The van der Waals surface area contributed by atoms with Gasteiger partial charge in [0.15, 0.2) is 0 Å². The van der Waals surface area contributed by atoms with Crippen molar-refractivity contribution in [1.29, 1.82) is 0 Å². The van der Waals surface area contributed by atoms with Crippen molar-refractivity contribution in [1.82, 2.24) is 15.1 Å². The number of carbonyl (C=O) groups is 3. The Bertz CT molecular complexity index is 358. The summed E-state index contributed by atoms with van der Waals surface area (Å²) < 4.78 is 0. The minimum absolute atomic E-state index is 0.0945. The van der Waals surface area contributed by atoms with Gasteiger partial charge in [-0.1, -0.05) is 6.92 Å². The van der Waals surface area contributed by atoms with Crippen LogP contribution >= 0.6 is 0 Å². The van der Waals surface area contributed by atoms with Crippen LogP contribution in [0.2, 0.25) is 0 Å². The molecule has 0 rings (SSSR count). The lowest BCUT2D eigenvalue weighted by Crippen LogP contribution is -2.48. The molecule has 7 heteroatoms. The third-order valence-corrected chi connectivity index (χ3v) is 3.00. The maximum absolute atomic E-state index is 12.3. The molecule has 20 heavy (non-hydrogen) atoms. The predicted octanol–water partition coefficient (Wildman–Crippen LogP) is 0.605. The molecule has 2 N–H and O–H groups in total. The van der Waals surface area contributed by atoms with E-state index < -0.39 is 5.97 Å². The highest BCUT2D eigenvalue weighted by molar-refractivity contribution is 5.80. The highest BCUT2D eigenvalue weighted by Gasteiger charge is 2.24. The average molecular weight is 287 g/mol. The zero-order valence-corrected chi connectivity index (χ0v) is 12.8. The van der Waals surface area contributed by atoms with Crippen LogP contribution in [0.15, 0.2) is 0 Å². The van der Waals surface area contributed by atoms with Gasteiger partial charge in [0, 0.05) is 33.2 Å². The van der Waals surface area contributed by atoms with Crippen LogP contribution in [0, 0.1) is 5.92 Å². The van der Waals surface area contributed by atoms with E-state index in [2.05, 4.69) is 5.32 Å². The van der Waals surface area contributed by atoms with Crippen LogP contribution in [0.25, 0.3) is 0 Å². The summed E-state index contributed by atoms with van der Waals surface area (Å²) in [4.78, 5) is 37.3. The fourth-order valence-electron chi connectivity index (χ4n) is 1.83. The SMILES string of the molecule is CNC(=O)C(C)CN(C)C(=O)N(CCC(=O)O)C(C)C. The van der Waals surface area contributed by atoms with Gasteiger partial charge in [-0.15, -0.1) is 0 Å². The zero-order valence-electron chi connectivity index (χ0n) is 12.8. The molecule has 0 aliphatic heterocycles. The maximum atomic E-state index is 12.3. The first kappa shape index (κ1) is 18.2. The number of urea groups is 1. The molecule has 0 aromatic heterocycles. The molecule has 0 spiro atoms. The van der Waals surface area contributed by atoms with Crippen LogP contribution in [0.1, 0.15) is 27.2 Å². The van der Waals surface area contributed by atoms with E-state index in [0.717, 1.165) is 0 Å². The molecule has 0 bridgehead atoms.